The second-order valence-corrected chi connectivity index (χ2v) is 3.59. The molecular formula is C7H16N2OS. The van der Waals surface area contributed by atoms with Gasteiger partial charge in [-0.2, -0.15) is 11.8 Å². The zero-order valence-electron chi connectivity index (χ0n) is 6.88. The maximum atomic E-state index is 10.4. The van der Waals surface area contributed by atoms with Crippen LogP contribution in [0.15, 0.2) is 0 Å². The van der Waals surface area contributed by atoms with Gasteiger partial charge in [-0.3, -0.25) is 4.79 Å². The van der Waals surface area contributed by atoms with E-state index < -0.39 is 11.9 Å². The van der Waals surface area contributed by atoms with Gasteiger partial charge < -0.3 is 11.5 Å². The van der Waals surface area contributed by atoms with Crippen molar-refractivity contribution in [1.29, 1.82) is 0 Å². The molecule has 0 bridgehead atoms. The molecule has 0 fully saturated rings. The van der Waals surface area contributed by atoms with Gasteiger partial charge in [0.1, 0.15) is 0 Å². The fraction of sp³-hybridized carbons (Fsp3) is 0.857. The lowest BCUT2D eigenvalue weighted by molar-refractivity contribution is -0.118. The van der Waals surface area contributed by atoms with E-state index in [9.17, 15) is 4.79 Å². The summed E-state index contributed by atoms with van der Waals surface area (Å²) in [6.45, 7) is 2.13. The number of carbonyl (C=O) groups is 1. The lowest BCUT2D eigenvalue weighted by Crippen LogP contribution is -2.38. The van der Waals surface area contributed by atoms with Crippen molar-refractivity contribution >= 4 is 17.7 Å². The summed E-state index contributed by atoms with van der Waals surface area (Å²) in [5.41, 5.74) is 10.4. The van der Waals surface area contributed by atoms with Crippen molar-refractivity contribution in [2.45, 2.75) is 25.8 Å². The molecule has 0 saturated heterocycles. The quantitative estimate of drug-likeness (QED) is 0.573. The van der Waals surface area contributed by atoms with Crippen LogP contribution in [0.3, 0.4) is 0 Å². The molecule has 0 spiro atoms. The molecular weight excluding hydrogens is 160 g/mol. The van der Waals surface area contributed by atoms with E-state index in [1.807, 2.05) is 0 Å². The molecule has 4 heteroatoms. The van der Waals surface area contributed by atoms with Crippen LogP contribution in [0, 0.1) is 0 Å². The summed E-state index contributed by atoms with van der Waals surface area (Å²) in [5.74, 6) is 1.31. The molecule has 0 rings (SSSR count). The summed E-state index contributed by atoms with van der Waals surface area (Å²) in [6, 6.07) is -0.475. The van der Waals surface area contributed by atoms with Crippen molar-refractivity contribution in [3.63, 3.8) is 0 Å². The van der Waals surface area contributed by atoms with E-state index in [1.165, 1.54) is 12.8 Å². The number of unbranched alkanes of at least 4 members (excludes halogenated alkanes) is 1. The molecule has 0 aromatic rings. The van der Waals surface area contributed by atoms with Crippen LogP contribution in [-0.2, 0) is 4.79 Å². The summed E-state index contributed by atoms with van der Waals surface area (Å²) >= 11 is 1.69. The number of nitrogens with two attached hydrogens (primary N) is 2. The molecule has 0 aromatic carbocycles. The highest BCUT2D eigenvalue weighted by Gasteiger charge is 2.07. The SMILES string of the molecule is CCCCSCC(N)C(N)=O. The average molecular weight is 176 g/mol. The van der Waals surface area contributed by atoms with Gasteiger partial charge in [0.25, 0.3) is 0 Å². The predicted octanol–water partition coefficient (Wildman–Crippen LogP) is 0.332. The van der Waals surface area contributed by atoms with Crippen LogP contribution in [0.1, 0.15) is 19.8 Å². The van der Waals surface area contributed by atoms with Crippen LogP contribution >= 0.6 is 11.8 Å². The van der Waals surface area contributed by atoms with Gasteiger partial charge in [-0.05, 0) is 12.2 Å². The average Bonchev–Trinajstić information content (AvgIpc) is 1.97. The van der Waals surface area contributed by atoms with Gasteiger partial charge in [0.05, 0.1) is 6.04 Å². The van der Waals surface area contributed by atoms with Crippen molar-refractivity contribution in [2.75, 3.05) is 11.5 Å². The minimum Gasteiger partial charge on any atom is -0.368 e. The standard InChI is InChI=1S/C7H16N2OS/c1-2-3-4-11-5-6(8)7(9)10/h6H,2-5,8H2,1H3,(H2,9,10). The fourth-order valence-electron chi connectivity index (χ4n) is 0.539. The highest BCUT2D eigenvalue weighted by atomic mass is 32.2. The molecule has 1 amide bonds. The van der Waals surface area contributed by atoms with Crippen LogP contribution in [0.25, 0.3) is 0 Å². The first-order valence-electron chi connectivity index (χ1n) is 3.81. The Morgan fingerprint density at radius 1 is 1.64 bits per heavy atom. The number of hydrogen-bond acceptors (Lipinski definition) is 3. The predicted molar refractivity (Wildman–Crippen MR) is 49.4 cm³/mol. The van der Waals surface area contributed by atoms with Crippen LogP contribution < -0.4 is 11.5 Å². The van der Waals surface area contributed by atoms with Crippen molar-refractivity contribution in [3.05, 3.63) is 0 Å². The Morgan fingerprint density at radius 3 is 2.73 bits per heavy atom. The van der Waals surface area contributed by atoms with E-state index in [1.54, 1.807) is 11.8 Å². The Morgan fingerprint density at radius 2 is 2.27 bits per heavy atom. The van der Waals surface area contributed by atoms with E-state index in [4.69, 9.17) is 11.5 Å². The van der Waals surface area contributed by atoms with E-state index in [0.29, 0.717) is 5.75 Å². The molecule has 11 heavy (non-hydrogen) atoms. The van der Waals surface area contributed by atoms with Crippen molar-refractivity contribution in [2.24, 2.45) is 11.5 Å². The van der Waals surface area contributed by atoms with Crippen LogP contribution in [0.5, 0.6) is 0 Å². The topological polar surface area (TPSA) is 69.1 Å². The smallest absolute Gasteiger partial charge is 0.235 e. The number of hydrogen-bond donors (Lipinski definition) is 2. The van der Waals surface area contributed by atoms with Gasteiger partial charge in [0.15, 0.2) is 0 Å². The van der Waals surface area contributed by atoms with E-state index >= 15 is 0 Å². The summed E-state index contributed by atoms with van der Waals surface area (Å²) in [4.78, 5) is 10.4. The van der Waals surface area contributed by atoms with Crippen molar-refractivity contribution < 1.29 is 4.79 Å². The van der Waals surface area contributed by atoms with Gasteiger partial charge in [-0.25, -0.2) is 0 Å². The number of amides is 1. The fourth-order valence-corrected chi connectivity index (χ4v) is 1.62. The lowest BCUT2D eigenvalue weighted by atomic mass is 10.3. The minimum absolute atomic E-state index is 0.408. The second kappa shape index (κ2) is 6.49. The van der Waals surface area contributed by atoms with E-state index in [2.05, 4.69) is 6.92 Å². The van der Waals surface area contributed by atoms with Gasteiger partial charge >= 0.3 is 0 Å². The summed E-state index contributed by atoms with van der Waals surface area (Å²) in [6.07, 6.45) is 2.36. The third-order valence-electron chi connectivity index (χ3n) is 1.31. The molecule has 0 saturated carbocycles. The monoisotopic (exact) mass is 176 g/mol. The third kappa shape index (κ3) is 6.19. The maximum absolute atomic E-state index is 10.4. The maximum Gasteiger partial charge on any atom is 0.235 e. The van der Waals surface area contributed by atoms with Gasteiger partial charge in [0.2, 0.25) is 5.91 Å². The molecule has 4 N–H and O–H groups in total. The van der Waals surface area contributed by atoms with E-state index in [-0.39, 0.29) is 0 Å². The number of rotatable bonds is 6. The number of primary amides is 1. The molecule has 0 heterocycles. The summed E-state index contributed by atoms with van der Waals surface area (Å²) in [7, 11) is 0. The van der Waals surface area contributed by atoms with Crippen LogP contribution in [0.4, 0.5) is 0 Å². The highest BCUT2D eigenvalue weighted by molar-refractivity contribution is 7.99. The van der Waals surface area contributed by atoms with Gasteiger partial charge in [-0.1, -0.05) is 13.3 Å². The van der Waals surface area contributed by atoms with Crippen LogP contribution in [-0.4, -0.2) is 23.5 Å². The third-order valence-corrected chi connectivity index (χ3v) is 2.48. The first-order chi connectivity index (χ1) is 5.18. The first-order valence-corrected chi connectivity index (χ1v) is 4.96. The Kier molecular flexibility index (Phi) is 6.36. The number of carbonyl (C=O) groups excluding carboxylic acids is 1. The van der Waals surface area contributed by atoms with Crippen molar-refractivity contribution in [1.82, 2.24) is 0 Å². The number of thioether (sulfide) groups is 1. The Labute approximate surface area is 71.9 Å². The zero-order valence-corrected chi connectivity index (χ0v) is 7.69. The Hall–Kier alpha value is -0.220. The Balaban J connectivity index is 3.17. The molecule has 0 aromatic heterocycles. The molecule has 0 aliphatic carbocycles. The molecule has 0 aliphatic heterocycles. The molecule has 1 unspecified atom stereocenters. The second-order valence-electron chi connectivity index (χ2n) is 2.44. The summed E-state index contributed by atoms with van der Waals surface area (Å²) in [5, 5.41) is 0. The molecule has 66 valence electrons. The summed E-state index contributed by atoms with van der Waals surface area (Å²) < 4.78 is 0. The van der Waals surface area contributed by atoms with Crippen LogP contribution in [0.2, 0.25) is 0 Å². The normalized spacial score (nSPS) is 12.9. The molecule has 0 aliphatic rings. The van der Waals surface area contributed by atoms with E-state index in [0.717, 1.165) is 5.75 Å². The lowest BCUT2D eigenvalue weighted by Gasteiger charge is -2.05. The first kappa shape index (κ1) is 10.8. The Bertz CT molecular complexity index is 119. The van der Waals surface area contributed by atoms with Crippen molar-refractivity contribution in [3.8, 4) is 0 Å². The molecule has 1 atom stereocenters. The highest BCUT2D eigenvalue weighted by Crippen LogP contribution is 2.04. The molecule has 0 radical (unpaired) electrons. The van der Waals surface area contributed by atoms with Gasteiger partial charge in [0, 0.05) is 5.75 Å². The molecule has 3 nitrogen and oxygen atoms in total. The largest absolute Gasteiger partial charge is 0.368 e. The minimum atomic E-state index is -0.475. The van der Waals surface area contributed by atoms with Gasteiger partial charge in [-0.15, -0.1) is 0 Å². The zero-order chi connectivity index (χ0) is 8.69.